The summed E-state index contributed by atoms with van der Waals surface area (Å²) >= 11 is 0. The first-order valence-corrected chi connectivity index (χ1v) is 13.3. The molecule has 0 unspecified atom stereocenters. The second kappa shape index (κ2) is 15.1. The lowest BCUT2D eigenvalue weighted by Crippen LogP contribution is -2.27. The molecular formula is C27H32N16O4. The van der Waals surface area contributed by atoms with Crippen LogP contribution in [0.4, 0.5) is 17.1 Å². The quantitative estimate of drug-likeness (QED) is 0.0609. The topological polar surface area (TPSA) is 340 Å². The molecule has 0 aliphatic carbocycles. The molecule has 0 aliphatic heterocycles. The second-order valence-electron chi connectivity index (χ2n) is 9.70. The number of nitrogens with two attached hydrogens (primary N) is 3. The molecule has 1 heterocycles. The van der Waals surface area contributed by atoms with Crippen molar-refractivity contribution in [3.63, 3.8) is 0 Å². The number of amides is 2. The van der Waals surface area contributed by atoms with Crippen LogP contribution in [0.15, 0.2) is 64.0 Å². The van der Waals surface area contributed by atoms with Crippen LogP contribution in [0.2, 0.25) is 0 Å². The van der Waals surface area contributed by atoms with E-state index in [0.717, 1.165) is 12.1 Å². The van der Waals surface area contributed by atoms with E-state index < -0.39 is 34.3 Å². The molecule has 0 aliphatic rings. The molecule has 3 aromatic rings. The highest BCUT2D eigenvalue weighted by Crippen LogP contribution is 2.22. The fourth-order valence-electron chi connectivity index (χ4n) is 3.80. The third-order valence-corrected chi connectivity index (χ3v) is 6.04. The molecule has 1 aromatic heterocycles. The number of hydrazone groups is 3. The molecule has 0 saturated heterocycles. The van der Waals surface area contributed by atoms with Crippen LogP contribution in [0.1, 0.15) is 58.3 Å². The van der Waals surface area contributed by atoms with Gasteiger partial charge in [-0.2, -0.15) is 15.3 Å². The molecule has 0 spiro atoms. The van der Waals surface area contributed by atoms with Crippen molar-refractivity contribution in [2.75, 3.05) is 10.6 Å². The maximum atomic E-state index is 13.4. The van der Waals surface area contributed by atoms with Gasteiger partial charge in [-0.25, -0.2) is 16.3 Å². The van der Waals surface area contributed by atoms with Crippen molar-refractivity contribution in [3.8, 4) is 0 Å². The minimum atomic E-state index is -0.771. The Morgan fingerprint density at radius 3 is 1.55 bits per heavy atom. The first kappa shape index (κ1) is 34.4. The van der Waals surface area contributed by atoms with Gasteiger partial charge < -0.3 is 32.8 Å². The van der Waals surface area contributed by atoms with E-state index in [1.165, 1.54) is 12.3 Å². The minimum absolute atomic E-state index is 0.165. The largest absolute Gasteiger partial charge is 0.369 e. The number of hydrogen-bond acceptors (Lipinski definition) is 10. The van der Waals surface area contributed by atoms with E-state index in [1.807, 2.05) is 0 Å². The van der Waals surface area contributed by atoms with Gasteiger partial charge in [0.25, 0.3) is 17.5 Å². The number of non-ortho nitro benzene ring substituents is 1. The molecule has 20 heteroatoms. The fourth-order valence-corrected chi connectivity index (χ4v) is 3.80. The number of hydrogen-bond donors (Lipinski definition) is 12. The van der Waals surface area contributed by atoms with Crippen LogP contribution >= 0.6 is 0 Å². The average molecular weight is 645 g/mol. The van der Waals surface area contributed by atoms with Crippen molar-refractivity contribution in [2.45, 2.75) is 20.8 Å². The van der Waals surface area contributed by atoms with Gasteiger partial charge in [-0.3, -0.25) is 35.9 Å². The van der Waals surface area contributed by atoms with Crippen LogP contribution in [0.25, 0.3) is 0 Å². The highest BCUT2D eigenvalue weighted by atomic mass is 16.6. The van der Waals surface area contributed by atoms with E-state index in [2.05, 4.69) is 47.2 Å². The Morgan fingerprint density at radius 2 is 1.11 bits per heavy atom. The molecule has 47 heavy (non-hydrogen) atoms. The first-order valence-electron chi connectivity index (χ1n) is 13.3. The standard InChI is InChI=1S/C27H32N16O4/c1-12(37-40-25(28)29)15-4-16(13(2)38-41-26(30)31)7-19(6-15)35-23(44)17-5-18(9-21(8-17)43(46)47)24(45)36-20-10-22(34-11-20)14(3)39-42-27(32)33/h4-11,34H,1-3H3,(H,35,44)(H,36,45)(H4,28,29,40)(H4,30,31,41)(H4,32,33,42)/b37-12+,38-13+,39-14-. The molecule has 0 fully saturated rings. The highest BCUT2D eigenvalue weighted by Gasteiger charge is 2.20. The van der Waals surface area contributed by atoms with Gasteiger partial charge in [0, 0.05) is 46.3 Å². The molecule has 0 atom stereocenters. The predicted octanol–water partition coefficient (Wildman–Crippen LogP) is 1.05. The number of carbonyl (C=O) groups excluding carboxylic acids is 2. The molecule has 15 N–H and O–H groups in total. The summed E-state index contributed by atoms with van der Waals surface area (Å²) in [6, 6.07) is 9.59. The number of aromatic nitrogens is 1. The van der Waals surface area contributed by atoms with E-state index in [1.54, 1.807) is 45.0 Å². The zero-order chi connectivity index (χ0) is 34.8. The molecule has 2 amide bonds. The van der Waals surface area contributed by atoms with E-state index >= 15 is 0 Å². The Balaban J connectivity index is 1.95. The zero-order valence-electron chi connectivity index (χ0n) is 25.3. The van der Waals surface area contributed by atoms with Crippen LogP contribution in [-0.4, -0.2) is 56.7 Å². The lowest BCUT2D eigenvalue weighted by molar-refractivity contribution is -0.384. The third-order valence-electron chi connectivity index (χ3n) is 6.04. The number of aromatic amines is 1. The van der Waals surface area contributed by atoms with Crippen LogP contribution < -0.4 is 44.1 Å². The van der Waals surface area contributed by atoms with Crippen molar-refractivity contribution in [3.05, 3.63) is 86.7 Å². The van der Waals surface area contributed by atoms with Gasteiger partial charge in [-0.15, -0.1) is 0 Å². The zero-order valence-corrected chi connectivity index (χ0v) is 25.3. The van der Waals surface area contributed by atoms with Gasteiger partial charge in [0.05, 0.1) is 33.4 Å². The van der Waals surface area contributed by atoms with Crippen molar-refractivity contribution in [2.24, 2.45) is 32.5 Å². The monoisotopic (exact) mass is 644 g/mol. The van der Waals surface area contributed by atoms with Crippen LogP contribution in [-0.2, 0) is 0 Å². The average Bonchev–Trinajstić information content (AvgIpc) is 3.49. The van der Waals surface area contributed by atoms with Crippen LogP contribution in [0, 0.1) is 26.3 Å². The lowest BCUT2D eigenvalue weighted by Gasteiger charge is -2.12. The molecular weight excluding hydrogens is 612 g/mol. The summed E-state index contributed by atoms with van der Waals surface area (Å²) in [5.41, 5.74) is 25.2. The normalized spacial score (nSPS) is 11.7. The fraction of sp³-hybridized carbons (Fsp3) is 0.111. The summed E-state index contributed by atoms with van der Waals surface area (Å²) in [5, 5.41) is 50.8. The maximum Gasteiger partial charge on any atom is 0.271 e. The smallest absolute Gasteiger partial charge is 0.271 e. The van der Waals surface area contributed by atoms with E-state index in [9.17, 15) is 19.7 Å². The summed E-state index contributed by atoms with van der Waals surface area (Å²) in [7, 11) is 0. The SMILES string of the molecule is C/C(=N/NC(=N)N)c1cc(NC(=O)c2cc(C(=O)Nc3cc(/C(C)=N/NC(=N)N)cc(/C(C)=N/NC(=N)N)c3)cc([N+](=O)[O-])c2)c[nH]1. The number of nitrogens with one attached hydrogen (secondary N) is 9. The van der Waals surface area contributed by atoms with Gasteiger partial charge in [-0.05, 0) is 51.1 Å². The van der Waals surface area contributed by atoms with Crippen molar-refractivity contribution >= 4 is 63.9 Å². The van der Waals surface area contributed by atoms with Gasteiger partial charge in [0.15, 0.2) is 0 Å². The first-order chi connectivity index (χ1) is 22.1. The Bertz CT molecular complexity index is 1810. The molecule has 20 nitrogen and oxygen atoms in total. The number of carbonyl (C=O) groups is 2. The Hall–Kier alpha value is -7.12. The number of H-pyrrole nitrogens is 1. The summed E-state index contributed by atoms with van der Waals surface area (Å²) in [5.74, 6) is -2.66. The van der Waals surface area contributed by atoms with Crippen LogP contribution in [0.5, 0.6) is 0 Å². The van der Waals surface area contributed by atoms with E-state index in [0.29, 0.717) is 39.6 Å². The molecule has 2 aromatic carbocycles. The van der Waals surface area contributed by atoms with Gasteiger partial charge in [0.1, 0.15) is 0 Å². The Labute approximate surface area is 266 Å². The van der Waals surface area contributed by atoms with E-state index in [4.69, 9.17) is 33.4 Å². The number of benzene rings is 2. The number of rotatable bonds is 11. The summed E-state index contributed by atoms with van der Waals surface area (Å²) in [4.78, 5) is 40.4. The summed E-state index contributed by atoms with van der Waals surface area (Å²) < 4.78 is 0. The molecule has 0 bridgehead atoms. The molecule has 0 radical (unpaired) electrons. The Morgan fingerprint density at radius 1 is 0.681 bits per heavy atom. The van der Waals surface area contributed by atoms with Crippen molar-refractivity contribution < 1.29 is 14.5 Å². The number of nitro groups is 1. The number of anilines is 2. The maximum absolute atomic E-state index is 13.4. The van der Waals surface area contributed by atoms with E-state index in [-0.39, 0.29) is 22.8 Å². The van der Waals surface area contributed by atoms with Gasteiger partial charge in [-0.1, -0.05) is 0 Å². The molecule has 244 valence electrons. The summed E-state index contributed by atoms with van der Waals surface area (Å²) in [6.45, 7) is 4.87. The van der Waals surface area contributed by atoms with Crippen LogP contribution in [0.3, 0.4) is 0 Å². The van der Waals surface area contributed by atoms with Gasteiger partial charge >= 0.3 is 0 Å². The second-order valence-corrected chi connectivity index (χ2v) is 9.70. The third kappa shape index (κ3) is 9.96. The molecule has 0 saturated carbocycles. The number of nitrogens with zero attached hydrogens (tertiary/aromatic N) is 4. The minimum Gasteiger partial charge on any atom is -0.369 e. The Kier molecular flexibility index (Phi) is 11.0. The van der Waals surface area contributed by atoms with Crippen molar-refractivity contribution in [1.82, 2.24) is 21.3 Å². The van der Waals surface area contributed by atoms with Crippen molar-refractivity contribution in [1.29, 1.82) is 16.2 Å². The van der Waals surface area contributed by atoms with Gasteiger partial charge in [0.2, 0.25) is 17.9 Å². The lowest BCUT2D eigenvalue weighted by atomic mass is 10.0. The number of guanidine groups is 3. The highest BCUT2D eigenvalue weighted by molar-refractivity contribution is 6.11. The molecule has 3 rings (SSSR count). The predicted molar refractivity (Wildman–Crippen MR) is 178 cm³/mol. The summed E-state index contributed by atoms with van der Waals surface area (Å²) in [6.07, 6.45) is 1.46. The number of nitro benzene ring substituents is 1.